The van der Waals surface area contributed by atoms with Gasteiger partial charge in [-0.05, 0) is 26.7 Å². The highest BCUT2D eigenvalue weighted by molar-refractivity contribution is 5.47. The predicted molar refractivity (Wildman–Crippen MR) is 76.4 cm³/mol. The lowest BCUT2D eigenvalue weighted by Crippen LogP contribution is -2.24. The maximum atomic E-state index is 12.2. The zero-order chi connectivity index (χ0) is 15.1. The van der Waals surface area contributed by atoms with Crippen molar-refractivity contribution >= 4 is 5.69 Å². The van der Waals surface area contributed by atoms with Gasteiger partial charge in [0.15, 0.2) is 0 Å². The largest absolute Gasteiger partial charge is 0.328 e. The molecule has 1 aliphatic carbocycles. The first-order valence-corrected chi connectivity index (χ1v) is 6.85. The fourth-order valence-electron chi connectivity index (χ4n) is 2.55. The Bertz CT molecular complexity index is 771. The number of rotatable bonds is 4. The predicted octanol–water partition coefficient (Wildman–Crippen LogP) is 1.95. The third-order valence-electron chi connectivity index (χ3n) is 3.89. The Hall–Kier alpha value is -2.44. The molecule has 0 bridgehead atoms. The molecule has 2 aromatic heterocycles. The van der Waals surface area contributed by atoms with Crippen molar-refractivity contribution < 1.29 is 4.92 Å². The normalized spacial score (nSPS) is 14.4. The summed E-state index contributed by atoms with van der Waals surface area (Å²) >= 11 is 0. The minimum absolute atomic E-state index is 0.0784. The van der Waals surface area contributed by atoms with Gasteiger partial charge in [-0.25, -0.2) is 4.79 Å². The van der Waals surface area contributed by atoms with Crippen LogP contribution < -0.4 is 5.69 Å². The summed E-state index contributed by atoms with van der Waals surface area (Å²) in [5, 5.41) is 11.1. The van der Waals surface area contributed by atoms with Crippen LogP contribution in [-0.2, 0) is 6.54 Å². The maximum absolute atomic E-state index is 12.2. The van der Waals surface area contributed by atoms with Gasteiger partial charge in [-0.3, -0.25) is 24.2 Å². The van der Waals surface area contributed by atoms with Gasteiger partial charge < -0.3 is 0 Å². The molecule has 0 atom stereocenters. The summed E-state index contributed by atoms with van der Waals surface area (Å²) < 4.78 is 3.27. The molecule has 21 heavy (non-hydrogen) atoms. The van der Waals surface area contributed by atoms with Crippen LogP contribution >= 0.6 is 0 Å². The molecule has 0 aromatic carbocycles. The van der Waals surface area contributed by atoms with Crippen LogP contribution in [0, 0.1) is 24.0 Å². The highest BCUT2D eigenvalue weighted by atomic mass is 16.6. The summed E-state index contributed by atoms with van der Waals surface area (Å²) in [4.78, 5) is 27.2. The van der Waals surface area contributed by atoms with Crippen LogP contribution in [0.2, 0.25) is 0 Å². The van der Waals surface area contributed by atoms with Gasteiger partial charge in [0.2, 0.25) is 0 Å². The number of aromatic nitrogens is 3. The zero-order valence-electron chi connectivity index (χ0n) is 11.9. The molecule has 0 saturated heterocycles. The van der Waals surface area contributed by atoms with E-state index in [-0.39, 0.29) is 17.9 Å². The van der Waals surface area contributed by atoms with Crippen molar-refractivity contribution in [2.75, 3.05) is 0 Å². The second kappa shape index (κ2) is 4.83. The first kappa shape index (κ1) is 13.5. The van der Waals surface area contributed by atoms with Crippen LogP contribution in [-0.4, -0.2) is 19.0 Å². The highest BCUT2D eigenvalue weighted by Crippen LogP contribution is 2.33. The van der Waals surface area contributed by atoms with Crippen molar-refractivity contribution in [3.8, 4) is 0 Å². The molecule has 0 N–H and O–H groups in total. The van der Waals surface area contributed by atoms with E-state index in [4.69, 9.17) is 0 Å². The molecule has 110 valence electrons. The Balaban J connectivity index is 1.97. The Labute approximate surface area is 121 Å². The lowest BCUT2D eigenvalue weighted by molar-refractivity contribution is -0.386. The third kappa shape index (κ3) is 2.35. The quantitative estimate of drug-likeness (QED) is 0.636. The van der Waals surface area contributed by atoms with E-state index < -0.39 is 4.92 Å². The Morgan fingerprint density at radius 2 is 2.10 bits per heavy atom. The summed E-state index contributed by atoms with van der Waals surface area (Å²) in [5.41, 5.74) is 1.61. The van der Waals surface area contributed by atoms with E-state index >= 15 is 0 Å². The van der Waals surface area contributed by atoms with Crippen molar-refractivity contribution in [1.82, 2.24) is 14.1 Å². The standard InChI is InChI=1S/C14H16N4O3/c1-9-7-15-12(10(2)13(9)18(20)21)8-16-5-6-17(14(16)19)11-3-4-11/h5-7,11H,3-4,8H2,1-2H3. The van der Waals surface area contributed by atoms with E-state index in [9.17, 15) is 14.9 Å². The molecule has 0 aliphatic heterocycles. The first-order valence-electron chi connectivity index (χ1n) is 6.85. The first-order chi connectivity index (χ1) is 9.99. The fraction of sp³-hybridized carbons (Fsp3) is 0.429. The maximum Gasteiger partial charge on any atom is 0.328 e. The lowest BCUT2D eigenvalue weighted by atomic mass is 10.1. The molecule has 0 unspecified atom stereocenters. The number of nitrogens with zero attached hydrogens (tertiary/aromatic N) is 4. The Kier molecular flexibility index (Phi) is 3.12. The van der Waals surface area contributed by atoms with Gasteiger partial charge in [0, 0.05) is 30.2 Å². The van der Waals surface area contributed by atoms with Gasteiger partial charge >= 0.3 is 5.69 Å². The van der Waals surface area contributed by atoms with E-state index in [1.807, 2.05) is 0 Å². The molecule has 1 saturated carbocycles. The van der Waals surface area contributed by atoms with Crippen LogP contribution in [0.5, 0.6) is 0 Å². The second-order valence-corrected chi connectivity index (χ2v) is 5.47. The number of hydrogen-bond acceptors (Lipinski definition) is 4. The van der Waals surface area contributed by atoms with Crippen molar-refractivity contribution in [3.05, 3.63) is 56.0 Å². The molecule has 2 aromatic rings. The van der Waals surface area contributed by atoms with E-state index in [1.54, 1.807) is 35.4 Å². The van der Waals surface area contributed by atoms with E-state index in [2.05, 4.69) is 4.98 Å². The van der Waals surface area contributed by atoms with Gasteiger partial charge in [0.25, 0.3) is 5.69 Å². The SMILES string of the molecule is Cc1cnc(Cn2ccn(C3CC3)c2=O)c(C)c1[N+](=O)[O-]. The summed E-state index contributed by atoms with van der Waals surface area (Å²) in [6, 6.07) is 0.320. The minimum atomic E-state index is -0.395. The number of pyridine rings is 1. The number of aryl methyl sites for hydroxylation is 1. The molecule has 1 fully saturated rings. The van der Waals surface area contributed by atoms with Gasteiger partial charge in [0.05, 0.1) is 22.7 Å². The molecule has 0 spiro atoms. The third-order valence-corrected chi connectivity index (χ3v) is 3.89. The summed E-state index contributed by atoms with van der Waals surface area (Å²) in [6.45, 7) is 3.60. The van der Waals surface area contributed by atoms with E-state index in [0.717, 1.165) is 12.8 Å². The van der Waals surface area contributed by atoms with E-state index in [0.29, 0.717) is 22.9 Å². The van der Waals surface area contributed by atoms with Gasteiger partial charge in [0.1, 0.15) is 0 Å². The van der Waals surface area contributed by atoms with Gasteiger partial charge in [-0.1, -0.05) is 0 Å². The van der Waals surface area contributed by atoms with Crippen LogP contribution in [0.1, 0.15) is 35.7 Å². The average molecular weight is 288 g/mol. The number of hydrogen-bond donors (Lipinski definition) is 0. The molecule has 0 amide bonds. The van der Waals surface area contributed by atoms with Crippen molar-refractivity contribution in [1.29, 1.82) is 0 Å². The average Bonchev–Trinajstić information content (AvgIpc) is 3.19. The lowest BCUT2D eigenvalue weighted by Gasteiger charge is -2.07. The second-order valence-electron chi connectivity index (χ2n) is 5.47. The zero-order valence-corrected chi connectivity index (χ0v) is 11.9. The van der Waals surface area contributed by atoms with Crippen molar-refractivity contribution in [2.24, 2.45) is 0 Å². The van der Waals surface area contributed by atoms with Crippen LogP contribution in [0.15, 0.2) is 23.4 Å². The summed E-state index contributed by atoms with van der Waals surface area (Å²) in [7, 11) is 0. The number of nitro groups is 1. The van der Waals surface area contributed by atoms with Gasteiger partial charge in [-0.15, -0.1) is 0 Å². The summed E-state index contributed by atoms with van der Waals surface area (Å²) in [5.74, 6) is 0. The smallest absolute Gasteiger partial charge is 0.296 e. The van der Waals surface area contributed by atoms with Crippen LogP contribution in [0.25, 0.3) is 0 Å². The van der Waals surface area contributed by atoms with Gasteiger partial charge in [-0.2, -0.15) is 0 Å². The molecule has 0 radical (unpaired) electrons. The number of imidazole rings is 1. The minimum Gasteiger partial charge on any atom is -0.296 e. The topological polar surface area (TPSA) is 83.0 Å². The fourth-order valence-corrected chi connectivity index (χ4v) is 2.55. The molecule has 1 aliphatic rings. The molecule has 2 heterocycles. The molecular weight excluding hydrogens is 272 g/mol. The molecular formula is C14H16N4O3. The highest BCUT2D eigenvalue weighted by Gasteiger charge is 2.26. The molecule has 3 rings (SSSR count). The van der Waals surface area contributed by atoms with Crippen molar-refractivity contribution in [3.63, 3.8) is 0 Å². The van der Waals surface area contributed by atoms with E-state index in [1.165, 1.54) is 6.20 Å². The Morgan fingerprint density at radius 3 is 2.71 bits per heavy atom. The Morgan fingerprint density at radius 1 is 1.38 bits per heavy atom. The van der Waals surface area contributed by atoms with Crippen molar-refractivity contribution in [2.45, 2.75) is 39.3 Å². The monoisotopic (exact) mass is 288 g/mol. The molecule has 7 nitrogen and oxygen atoms in total. The van der Waals surface area contributed by atoms with Crippen LogP contribution in [0.4, 0.5) is 5.69 Å². The summed E-state index contributed by atoms with van der Waals surface area (Å²) in [6.07, 6.45) is 7.06. The molecule has 7 heteroatoms. The van der Waals surface area contributed by atoms with Crippen LogP contribution in [0.3, 0.4) is 0 Å².